The van der Waals surface area contributed by atoms with Gasteiger partial charge < -0.3 is 23.4 Å². The van der Waals surface area contributed by atoms with Crippen molar-refractivity contribution in [2.45, 2.75) is 150 Å². The van der Waals surface area contributed by atoms with E-state index in [-0.39, 0.29) is 61.3 Å². The maximum absolute atomic E-state index is 15.3. The summed E-state index contributed by atoms with van der Waals surface area (Å²) in [7, 11) is -2.60. The van der Waals surface area contributed by atoms with Gasteiger partial charge in [-0.2, -0.15) is 0 Å². The highest BCUT2D eigenvalue weighted by Gasteiger charge is 2.50. The predicted molar refractivity (Wildman–Crippen MR) is 261 cm³/mol. The highest BCUT2D eigenvalue weighted by Crippen LogP contribution is 2.43. The Morgan fingerprint density at radius 3 is 2.37 bits per heavy atom. The van der Waals surface area contributed by atoms with E-state index in [4.69, 9.17) is 28.4 Å². The lowest BCUT2D eigenvalue weighted by atomic mass is 9.71. The lowest BCUT2D eigenvalue weighted by Gasteiger charge is -2.45. The molecule has 2 aromatic carbocycles. The van der Waals surface area contributed by atoms with Crippen LogP contribution in [0.25, 0.3) is 10.2 Å². The molecule has 3 aromatic rings. The van der Waals surface area contributed by atoms with E-state index in [0.717, 1.165) is 44.1 Å². The molecule has 5 atom stereocenters. The molecular formula is C52H68N2O11SSi. The average Bonchev–Trinajstić information content (AvgIpc) is 3.80. The Balaban J connectivity index is 1.35. The minimum Gasteiger partial charge on any atom is -0.457 e. The SMILES string of the molecule is C=CC[C@H]1C(=O)C(C)(C)[C@@H](O[Si](C)(C)C(C)(C)C)CC(=O)O[C@H](c2ccc3sc(C)nc3c2)C/C=C(/C)CCC[C@H](C)[C@@H]1OC(=O)OCc1ccc(OC(=O)CCCN2C(=O)C=CC2=O)cc1. The van der Waals surface area contributed by atoms with Crippen LogP contribution in [0, 0.1) is 24.2 Å². The Bertz CT molecular complexity index is 2340. The molecular weight excluding hydrogens is 889 g/mol. The second kappa shape index (κ2) is 22.7. The fraction of sp³-hybridized carbons (Fsp3) is 0.519. The number of nitrogens with zero attached hydrogens (tertiary/aromatic N) is 2. The van der Waals surface area contributed by atoms with Crippen molar-refractivity contribution in [2.24, 2.45) is 17.3 Å². The molecule has 0 aliphatic carbocycles. The highest BCUT2D eigenvalue weighted by molar-refractivity contribution is 7.18. The van der Waals surface area contributed by atoms with Crippen molar-refractivity contribution < 1.29 is 52.1 Å². The van der Waals surface area contributed by atoms with Gasteiger partial charge in [0.15, 0.2) is 8.32 Å². The number of thiazole rings is 1. The summed E-state index contributed by atoms with van der Waals surface area (Å²) in [5, 5.41) is 0.709. The van der Waals surface area contributed by atoms with Crippen molar-refractivity contribution in [1.29, 1.82) is 0 Å². The third kappa shape index (κ3) is 14.1. The van der Waals surface area contributed by atoms with Gasteiger partial charge in [0.25, 0.3) is 11.8 Å². The zero-order valence-electron chi connectivity index (χ0n) is 40.8. The van der Waals surface area contributed by atoms with Crippen LogP contribution >= 0.6 is 11.3 Å². The fourth-order valence-electron chi connectivity index (χ4n) is 8.08. The molecule has 13 nitrogen and oxygen atoms in total. The Morgan fingerprint density at radius 2 is 1.72 bits per heavy atom. The van der Waals surface area contributed by atoms with Crippen molar-refractivity contribution in [3.63, 3.8) is 0 Å². The van der Waals surface area contributed by atoms with Crippen LogP contribution in [0.3, 0.4) is 0 Å². The number of imide groups is 1. The standard InChI is InChI=1S/C52H68N2O11SSi/c1-12-15-39-48(64-50(60)61-32-36-20-23-38(24-21-36)62-46(57)18-14-29-54-44(55)27-28-45(54)56)34(3)17-13-16-33(2)19-25-41(37-22-26-42-40(30-37)53-35(4)66-42)63-47(58)31-43(52(8,9)49(39)59)65-67(10,11)51(5,6)7/h12,19-24,26-28,30,34,39,41,43,48H,1,13-18,25,29,31-32H2,2-11H3/b33-19-/t34-,39+,41-,43-,48-/m0/s1. The molecule has 2 aliphatic rings. The number of carbonyl (C=O) groups is 6. The van der Waals surface area contributed by atoms with E-state index >= 15 is 4.79 Å². The van der Waals surface area contributed by atoms with Crippen LogP contribution in [0.15, 0.2) is 78.9 Å². The van der Waals surface area contributed by atoms with Crippen LogP contribution in [-0.2, 0) is 49.2 Å². The number of hydrogen-bond acceptors (Lipinski definition) is 13. The summed E-state index contributed by atoms with van der Waals surface area (Å²) < 4.78 is 31.7. The van der Waals surface area contributed by atoms with Gasteiger partial charge in [-0.1, -0.05) is 77.5 Å². The van der Waals surface area contributed by atoms with Crippen LogP contribution in [-0.4, -0.2) is 72.6 Å². The lowest BCUT2D eigenvalue weighted by Crippen LogP contribution is -2.53. The molecule has 0 bridgehead atoms. The molecule has 3 heterocycles. The molecule has 362 valence electrons. The average molecular weight is 957 g/mol. The summed E-state index contributed by atoms with van der Waals surface area (Å²) in [6.45, 7) is 24.1. The maximum Gasteiger partial charge on any atom is 0.508 e. The minimum atomic E-state index is -2.60. The molecule has 0 N–H and O–H groups in total. The maximum atomic E-state index is 15.3. The number of fused-ring (bicyclic) bond motifs is 1. The normalized spacial score (nSPS) is 23.1. The van der Waals surface area contributed by atoms with E-state index in [1.54, 1.807) is 55.5 Å². The first-order valence-corrected chi connectivity index (χ1v) is 26.9. The number of rotatable bonds is 13. The number of ether oxygens (including phenoxy) is 4. The number of hydrogen-bond donors (Lipinski definition) is 0. The summed E-state index contributed by atoms with van der Waals surface area (Å²) in [6.07, 6.45) is 5.73. The minimum absolute atomic E-state index is 0.000731. The Kier molecular flexibility index (Phi) is 17.9. The summed E-state index contributed by atoms with van der Waals surface area (Å²) >= 11 is 1.61. The summed E-state index contributed by atoms with van der Waals surface area (Å²) in [5.74, 6) is -2.89. The third-order valence-electron chi connectivity index (χ3n) is 13.2. The molecule has 2 aliphatic heterocycles. The van der Waals surface area contributed by atoms with Gasteiger partial charge in [0.05, 0.1) is 33.7 Å². The van der Waals surface area contributed by atoms with E-state index < -0.39 is 67.9 Å². The van der Waals surface area contributed by atoms with Gasteiger partial charge in [0.1, 0.15) is 30.3 Å². The number of carbonyl (C=O) groups excluding carboxylic acids is 6. The molecule has 0 spiro atoms. The zero-order chi connectivity index (χ0) is 49.3. The summed E-state index contributed by atoms with van der Waals surface area (Å²) in [5.41, 5.74) is 2.17. The molecule has 2 amide bonds. The van der Waals surface area contributed by atoms with E-state index in [0.29, 0.717) is 18.4 Å². The molecule has 1 aromatic heterocycles. The zero-order valence-corrected chi connectivity index (χ0v) is 42.6. The Morgan fingerprint density at radius 1 is 1.03 bits per heavy atom. The number of ketones is 1. The topological polar surface area (TPSA) is 165 Å². The Hall–Kier alpha value is -5.25. The molecule has 0 fully saturated rings. The summed E-state index contributed by atoms with van der Waals surface area (Å²) in [6, 6.07) is 12.4. The Labute approximate surface area is 400 Å². The molecule has 15 heteroatoms. The number of aromatic nitrogens is 1. The van der Waals surface area contributed by atoms with Gasteiger partial charge in [-0.3, -0.25) is 28.9 Å². The molecule has 0 radical (unpaired) electrons. The number of benzene rings is 2. The largest absolute Gasteiger partial charge is 0.508 e. The third-order valence-corrected chi connectivity index (χ3v) is 18.7. The number of esters is 2. The smallest absolute Gasteiger partial charge is 0.457 e. The van der Waals surface area contributed by atoms with E-state index in [1.165, 1.54) is 12.2 Å². The fourth-order valence-corrected chi connectivity index (χ4v) is 10.3. The van der Waals surface area contributed by atoms with Crippen LogP contribution in [0.1, 0.15) is 122 Å². The van der Waals surface area contributed by atoms with Gasteiger partial charge in [-0.15, -0.1) is 17.9 Å². The highest BCUT2D eigenvalue weighted by atomic mass is 32.1. The number of amides is 2. The van der Waals surface area contributed by atoms with Gasteiger partial charge in [-0.05, 0) is 105 Å². The van der Waals surface area contributed by atoms with Crippen molar-refractivity contribution in [3.05, 3.63) is 95.1 Å². The van der Waals surface area contributed by atoms with Crippen LogP contribution in [0.2, 0.25) is 18.1 Å². The number of allylic oxidation sites excluding steroid dienone is 2. The van der Waals surface area contributed by atoms with Gasteiger partial charge >= 0.3 is 18.1 Å². The van der Waals surface area contributed by atoms with Crippen molar-refractivity contribution in [2.75, 3.05) is 6.54 Å². The second-order valence-corrected chi connectivity index (χ2v) is 25.9. The van der Waals surface area contributed by atoms with Crippen LogP contribution in [0.4, 0.5) is 4.79 Å². The predicted octanol–water partition coefficient (Wildman–Crippen LogP) is 11.2. The number of cyclic esters (lactones) is 1. The van der Waals surface area contributed by atoms with E-state index in [1.807, 2.05) is 32.0 Å². The molecule has 0 unspecified atom stereocenters. The number of Topliss-reactive ketones (excluding diaryl/α,β-unsaturated/α-hetero) is 1. The van der Waals surface area contributed by atoms with Crippen molar-refractivity contribution >= 4 is 65.6 Å². The number of aryl methyl sites for hydroxylation is 1. The van der Waals surface area contributed by atoms with Gasteiger partial charge in [0, 0.05) is 37.0 Å². The van der Waals surface area contributed by atoms with Crippen molar-refractivity contribution in [1.82, 2.24) is 9.88 Å². The van der Waals surface area contributed by atoms with Crippen LogP contribution < -0.4 is 4.74 Å². The van der Waals surface area contributed by atoms with Crippen molar-refractivity contribution in [3.8, 4) is 5.75 Å². The monoisotopic (exact) mass is 956 g/mol. The van der Waals surface area contributed by atoms with E-state index in [9.17, 15) is 24.0 Å². The quantitative estimate of drug-likeness (QED) is 0.0524. The lowest BCUT2D eigenvalue weighted by molar-refractivity contribution is -0.155. The molecule has 5 rings (SSSR count). The molecule has 67 heavy (non-hydrogen) atoms. The first-order valence-electron chi connectivity index (χ1n) is 23.2. The van der Waals surface area contributed by atoms with Gasteiger partial charge in [-0.25, -0.2) is 9.78 Å². The van der Waals surface area contributed by atoms with Crippen LogP contribution in [0.5, 0.6) is 5.75 Å². The van der Waals surface area contributed by atoms with Gasteiger partial charge in [0.2, 0.25) is 0 Å². The molecule has 0 saturated carbocycles. The molecule has 0 saturated heterocycles. The second-order valence-electron chi connectivity index (χ2n) is 19.9. The summed E-state index contributed by atoms with van der Waals surface area (Å²) in [4.78, 5) is 84.9. The van der Waals surface area contributed by atoms with E-state index in [2.05, 4.69) is 53.4 Å². The first-order chi connectivity index (χ1) is 31.5. The first kappa shape index (κ1) is 52.7.